The Morgan fingerprint density at radius 3 is 2.78 bits per heavy atom. The van der Waals surface area contributed by atoms with Crippen LogP contribution in [0.15, 0.2) is 51.5 Å². The molecule has 1 aliphatic heterocycles. The number of hydrogen-bond donors (Lipinski definition) is 0. The number of furan rings is 1. The Morgan fingerprint density at radius 1 is 1.30 bits per heavy atom. The summed E-state index contributed by atoms with van der Waals surface area (Å²) in [5.41, 5.74) is 0.668. The average Bonchev–Trinajstić information content (AvgIpc) is 3.15. The van der Waals surface area contributed by atoms with Crippen molar-refractivity contribution in [3.05, 3.63) is 58.0 Å². The number of nitro benzene ring substituents is 1. The van der Waals surface area contributed by atoms with Crippen molar-refractivity contribution >= 4 is 44.8 Å². The van der Waals surface area contributed by atoms with E-state index in [0.29, 0.717) is 27.2 Å². The summed E-state index contributed by atoms with van der Waals surface area (Å²) in [5, 5.41) is 10.9. The van der Waals surface area contributed by atoms with Crippen LogP contribution in [0, 0.1) is 10.1 Å². The molecule has 0 saturated heterocycles. The highest BCUT2D eigenvalue weighted by Gasteiger charge is 2.22. The smallest absolute Gasteiger partial charge is 0.280 e. The number of benzene rings is 1. The molecule has 0 amide bonds. The number of rotatable bonds is 3. The minimum atomic E-state index is -0.456. The zero-order chi connectivity index (χ0) is 16.4. The number of thioether (sulfide) groups is 2. The van der Waals surface area contributed by atoms with Gasteiger partial charge < -0.3 is 4.42 Å². The van der Waals surface area contributed by atoms with Crippen LogP contribution >= 0.6 is 23.5 Å². The molecule has 6 nitrogen and oxygen atoms in total. The predicted octanol–water partition coefficient (Wildman–Crippen LogP) is 4.19. The first-order chi connectivity index (χ1) is 11.1. The molecule has 0 spiro atoms. The number of carbonyl (C=O) groups excluding carboxylic acids is 1. The molecule has 1 aromatic carbocycles. The van der Waals surface area contributed by atoms with E-state index in [0.717, 1.165) is 11.8 Å². The minimum absolute atomic E-state index is 0.0313. The lowest BCUT2D eigenvalue weighted by molar-refractivity contribution is -0.384. The van der Waals surface area contributed by atoms with E-state index < -0.39 is 4.92 Å². The molecule has 3 rings (SSSR count). The molecule has 0 N–H and O–H groups in total. The summed E-state index contributed by atoms with van der Waals surface area (Å²) in [6.07, 6.45) is 3.39. The summed E-state index contributed by atoms with van der Waals surface area (Å²) in [6.45, 7) is 0. The van der Waals surface area contributed by atoms with Crippen molar-refractivity contribution in [2.45, 2.75) is 0 Å². The van der Waals surface area contributed by atoms with Gasteiger partial charge in [0.1, 0.15) is 21.6 Å². The topological polar surface area (TPSA) is 85.7 Å². The molecule has 2 heterocycles. The fourth-order valence-corrected chi connectivity index (χ4v) is 3.29. The number of carbonyl (C=O) groups is 1. The van der Waals surface area contributed by atoms with E-state index >= 15 is 0 Å². The molecule has 23 heavy (non-hydrogen) atoms. The number of nitro groups is 1. The zero-order valence-electron chi connectivity index (χ0n) is 11.9. The molecule has 8 heteroatoms. The maximum atomic E-state index is 11.8. The Hall–Kier alpha value is -2.32. The molecular formula is C15H10N2O4S2. The SMILES string of the molecule is CSC1=N/C(=C/c2ccc(-c3ccccc3[N+](=O)[O-])o2)C(=O)S1. The maximum absolute atomic E-state index is 11.8. The average molecular weight is 346 g/mol. The van der Waals surface area contributed by atoms with Gasteiger partial charge in [0, 0.05) is 12.1 Å². The molecule has 2 aromatic rings. The largest absolute Gasteiger partial charge is 0.456 e. The van der Waals surface area contributed by atoms with Gasteiger partial charge in [0.15, 0.2) is 0 Å². The van der Waals surface area contributed by atoms with Crippen LogP contribution in [0.4, 0.5) is 5.69 Å². The normalized spacial score (nSPS) is 16.0. The monoisotopic (exact) mass is 346 g/mol. The van der Waals surface area contributed by atoms with Gasteiger partial charge in [0.2, 0.25) is 5.12 Å². The van der Waals surface area contributed by atoms with Crippen LogP contribution in [0.5, 0.6) is 0 Å². The standard InChI is InChI=1S/C15H10N2O4S2/c1-22-15-16-11(14(18)23-15)8-9-6-7-13(21-9)10-4-2-3-5-12(10)17(19)20/h2-8H,1H3/b11-8+. The highest BCUT2D eigenvalue weighted by Crippen LogP contribution is 2.33. The third kappa shape index (κ3) is 3.22. The van der Waals surface area contributed by atoms with Crippen LogP contribution in [0.3, 0.4) is 0 Å². The second-order valence-electron chi connectivity index (χ2n) is 4.48. The highest BCUT2D eigenvalue weighted by molar-refractivity contribution is 8.45. The van der Waals surface area contributed by atoms with Crippen molar-refractivity contribution in [1.82, 2.24) is 0 Å². The third-order valence-corrected chi connectivity index (χ3v) is 4.90. The van der Waals surface area contributed by atoms with Gasteiger partial charge in [0.25, 0.3) is 5.69 Å². The van der Waals surface area contributed by atoms with E-state index in [2.05, 4.69) is 4.99 Å². The van der Waals surface area contributed by atoms with E-state index in [4.69, 9.17) is 4.42 Å². The van der Waals surface area contributed by atoms with E-state index in [1.54, 1.807) is 30.3 Å². The summed E-state index contributed by atoms with van der Waals surface area (Å²) >= 11 is 2.48. The van der Waals surface area contributed by atoms with E-state index in [-0.39, 0.29) is 10.8 Å². The van der Waals surface area contributed by atoms with Crippen LogP contribution in [-0.4, -0.2) is 20.7 Å². The van der Waals surface area contributed by atoms with Crippen LogP contribution in [0.25, 0.3) is 17.4 Å². The number of nitrogens with zero attached hydrogens (tertiary/aromatic N) is 2. The first-order valence-electron chi connectivity index (χ1n) is 6.48. The lowest BCUT2D eigenvalue weighted by Crippen LogP contribution is -1.90. The molecule has 0 unspecified atom stereocenters. The third-order valence-electron chi connectivity index (χ3n) is 3.05. The number of aliphatic imine (C=N–C) groups is 1. The molecular weight excluding hydrogens is 336 g/mol. The van der Waals surface area contributed by atoms with Gasteiger partial charge in [-0.25, -0.2) is 4.99 Å². The van der Waals surface area contributed by atoms with Crippen LogP contribution < -0.4 is 0 Å². The van der Waals surface area contributed by atoms with Gasteiger partial charge in [0.05, 0.1) is 10.5 Å². The Balaban J connectivity index is 1.95. The van der Waals surface area contributed by atoms with Gasteiger partial charge >= 0.3 is 0 Å². The van der Waals surface area contributed by atoms with Gasteiger partial charge in [-0.1, -0.05) is 12.1 Å². The van der Waals surface area contributed by atoms with Crippen molar-refractivity contribution in [1.29, 1.82) is 0 Å². The van der Waals surface area contributed by atoms with Gasteiger partial charge in [-0.3, -0.25) is 14.9 Å². The van der Waals surface area contributed by atoms with E-state index in [1.807, 2.05) is 6.26 Å². The molecule has 0 radical (unpaired) electrons. The van der Waals surface area contributed by atoms with Crippen molar-refractivity contribution in [3.8, 4) is 11.3 Å². The lowest BCUT2D eigenvalue weighted by Gasteiger charge is -1.98. The molecule has 1 aromatic heterocycles. The second-order valence-corrected chi connectivity index (χ2v) is 6.49. The molecule has 0 bridgehead atoms. The summed E-state index contributed by atoms with van der Waals surface area (Å²) in [7, 11) is 0. The van der Waals surface area contributed by atoms with E-state index in [1.165, 1.54) is 23.9 Å². The maximum Gasteiger partial charge on any atom is 0.280 e. The summed E-state index contributed by atoms with van der Waals surface area (Å²) in [4.78, 5) is 26.6. The Labute approximate surface area is 139 Å². The summed E-state index contributed by atoms with van der Waals surface area (Å²) in [5.74, 6) is 0.796. The Bertz CT molecular complexity index is 855. The molecule has 0 saturated carbocycles. The van der Waals surface area contributed by atoms with Crippen molar-refractivity contribution in [3.63, 3.8) is 0 Å². The quantitative estimate of drug-likeness (QED) is 0.470. The fourth-order valence-electron chi connectivity index (χ4n) is 2.03. The Morgan fingerprint density at radius 2 is 2.09 bits per heavy atom. The molecule has 1 aliphatic rings. The lowest BCUT2D eigenvalue weighted by atomic mass is 10.1. The second kappa shape index (κ2) is 6.43. The summed E-state index contributed by atoms with van der Waals surface area (Å²) < 4.78 is 6.31. The van der Waals surface area contributed by atoms with Gasteiger partial charge in [-0.15, -0.1) is 11.8 Å². The van der Waals surface area contributed by atoms with Crippen LogP contribution in [-0.2, 0) is 4.79 Å². The van der Waals surface area contributed by atoms with Crippen molar-refractivity contribution in [2.24, 2.45) is 4.99 Å². The van der Waals surface area contributed by atoms with E-state index in [9.17, 15) is 14.9 Å². The van der Waals surface area contributed by atoms with Crippen molar-refractivity contribution in [2.75, 3.05) is 6.26 Å². The number of hydrogen-bond acceptors (Lipinski definition) is 7. The number of para-hydroxylation sites is 1. The fraction of sp³-hybridized carbons (Fsp3) is 0.0667. The summed E-state index contributed by atoms with van der Waals surface area (Å²) in [6, 6.07) is 9.64. The van der Waals surface area contributed by atoms with Gasteiger partial charge in [-0.2, -0.15) is 0 Å². The first-order valence-corrected chi connectivity index (χ1v) is 8.53. The molecule has 0 aliphatic carbocycles. The van der Waals surface area contributed by atoms with Crippen LogP contribution in [0.1, 0.15) is 5.76 Å². The highest BCUT2D eigenvalue weighted by atomic mass is 32.2. The zero-order valence-corrected chi connectivity index (χ0v) is 13.5. The first kappa shape index (κ1) is 15.6. The molecule has 0 atom stereocenters. The Kier molecular flexibility index (Phi) is 4.35. The molecule has 0 fully saturated rings. The van der Waals surface area contributed by atoms with Crippen molar-refractivity contribution < 1.29 is 14.1 Å². The molecule has 116 valence electrons. The predicted molar refractivity (Wildman–Crippen MR) is 92.3 cm³/mol. The van der Waals surface area contributed by atoms with Crippen LogP contribution in [0.2, 0.25) is 0 Å². The van der Waals surface area contributed by atoms with Gasteiger partial charge in [-0.05, 0) is 36.2 Å². The minimum Gasteiger partial charge on any atom is -0.456 e.